The predicted molar refractivity (Wildman–Crippen MR) is 117 cm³/mol. The molecule has 0 unspecified atom stereocenters. The standard InChI is InChI=1S/C22H19ClF3N3O3/c1-12(24)18-14(9-13(23)10-16(18)28-5-7-32-8-6-28)19-21(30)20-15(3-2-4-27-20)29(22(19)31)11-17(25)26/h2-4,9-10,17,30H,1,5-8,11H2. The minimum absolute atomic E-state index is 0.0371. The van der Waals surface area contributed by atoms with E-state index in [1.807, 2.05) is 4.90 Å². The highest BCUT2D eigenvalue weighted by Crippen LogP contribution is 2.42. The van der Waals surface area contributed by atoms with Gasteiger partial charge in [-0.15, -0.1) is 0 Å². The van der Waals surface area contributed by atoms with Crippen molar-refractivity contribution in [2.75, 3.05) is 31.2 Å². The largest absolute Gasteiger partial charge is 0.505 e. The first-order chi connectivity index (χ1) is 15.3. The van der Waals surface area contributed by atoms with E-state index in [2.05, 4.69) is 11.6 Å². The molecule has 3 heterocycles. The van der Waals surface area contributed by atoms with E-state index >= 15 is 0 Å². The number of rotatable bonds is 5. The number of fused-ring (bicyclic) bond motifs is 1. The first-order valence-corrected chi connectivity index (χ1v) is 10.2. The minimum atomic E-state index is -2.84. The molecule has 0 atom stereocenters. The fraction of sp³-hybridized carbons (Fsp3) is 0.273. The molecule has 0 saturated carbocycles. The van der Waals surface area contributed by atoms with Crippen molar-refractivity contribution in [3.05, 3.63) is 58.0 Å². The maximum absolute atomic E-state index is 14.8. The molecule has 1 aliphatic heterocycles. The van der Waals surface area contributed by atoms with Gasteiger partial charge in [0.25, 0.3) is 12.0 Å². The third-order valence-corrected chi connectivity index (χ3v) is 5.51. The van der Waals surface area contributed by atoms with Gasteiger partial charge in [0.1, 0.15) is 11.3 Å². The summed E-state index contributed by atoms with van der Waals surface area (Å²) in [6.45, 7) is 4.18. The summed E-state index contributed by atoms with van der Waals surface area (Å²) in [5, 5.41) is 11.1. The molecule has 4 rings (SSSR count). The summed E-state index contributed by atoms with van der Waals surface area (Å²) in [4.78, 5) is 19.2. The zero-order valence-electron chi connectivity index (χ0n) is 16.8. The molecule has 6 nitrogen and oxygen atoms in total. The summed E-state index contributed by atoms with van der Waals surface area (Å²) in [6, 6.07) is 5.71. The highest BCUT2D eigenvalue weighted by molar-refractivity contribution is 6.31. The molecule has 1 saturated heterocycles. The molecule has 1 aliphatic rings. The second-order valence-electron chi connectivity index (χ2n) is 7.25. The van der Waals surface area contributed by atoms with Crippen LogP contribution in [-0.4, -0.2) is 47.4 Å². The van der Waals surface area contributed by atoms with Gasteiger partial charge in [-0.2, -0.15) is 0 Å². The van der Waals surface area contributed by atoms with Crippen LogP contribution in [0.15, 0.2) is 41.8 Å². The number of aromatic hydroxyl groups is 1. The lowest BCUT2D eigenvalue weighted by atomic mass is 9.96. The van der Waals surface area contributed by atoms with E-state index in [0.29, 0.717) is 32.0 Å². The SMILES string of the molecule is C=C(F)c1c(-c2c(O)c3ncccc3n(CC(F)F)c2=O)cc(Cl)cc1N1CCOCC1. The van der Waals surface area contributed by atoms with Crippen molar-refractivity contribution in [3.8, 4) is 16.9 Å². The van der Waals surface area contributed by atoms with E-state index in [4.69, 9.17) is 16.3 Å². The Morgan fingerprint density at radius 2 is 2.03 bits per heavy atom. The number of nitrogens with zero attached hydrogens (tertiary/aromatic N) is 3. The van der Waals surface area contributed by atoms with Gasteiger partial charge in [0, 0.05) is 41.1 Å². The van der Waals surface area contributed by atoms with Gasteiger partial charge in [-0.1, -0.05) is 18.2 Å². The number of alkyl halides is 2. The van der Waals surface area contributed by atoms with Crippen molar-refractivity contribution >= 4 is 34.1 Å². The van der Waals surface area contributed by atoms with Crippen LogP contribution in [0.1, 0.15) is 5.56 Å². The van der Waals surface area contributed by atoms with Gasteiger partial charge in [-0.3, -0.25) is 9.78 Å². The van der Waals surface area contributed by atoms with Crippen LogP contribution in [0.2, 0.25) is 5.02 Å². The van der Waals surface area contributed by atoms with E-state index in [-0.39, 0.29) is 32.7 Å². The van der Waals surface area contributed by atoms with Crippen LogP contribution in [0.3, 0.4) is 0 Å². The molecule has 1 aromatic carbocycles. The molecular weight excluding hydrogens is 447 g/mol. The fourth-order valence-corrected chi connectivity index (χ4v) is 4.16. The van der Waals surface area contributed by atoms with Crippen LogP contribution in [-0.2, 0) is 11.3 Å². The number of morpholine rings is 1. The average Bonchev–Trinajstić information content (AvgIpc) is 2.76. The summed E-state index contributed by atoms with van der Waals surface area (Å²) in [5.74, 6) is -1.41. The first-order valence-electron chi connectivity index (χ1n) is 9.79. The predicted octanol–water partition coefficient (Wildman–Crippen LogP) is 4.46. The lowest BCUT2D eigenvalue weighted by Crippen LogP contribution is -2.36. The van der Waals surface area contributed by atoms with E-state index in [1.165, 1.54) is 30.5 Å². The van der Waals surface area contributed by atoms with Gasteiger partial charge < -0.3 is 19.3 Å². The monoisotopic (exact) mass is 465 g/mol. The van der Waals surface area contributed by atoms with Crippen molar-refractivity contribution in [1.82, 2.24) is 9.55 Å². The van der Waals surface area contributed by atoms with Gasteiger partial charge in [0.05, 0.1) is 30.8 Å². The molecule has 1 N–H and O–H groups in total. The lowest BCUT2D eigenvalue weighted by Gasteiger charge is -2.31. The second kappa shape index (κ2) is 8.84. The summed E-state index contributed by atoms with van der Waals surface area (Å²) < 4.78 is 47.5. The van der Waals surface area contributed by atoms with E-state index in [9.17, 15) is 23.1 Å². The molecule has 32 heavy (non-hydrogen) atoms. The Kier molecular flexibility index (Phi) is 6.12. The van der Waals surface area contributed by atoms with Crippen molar-refractivity contribution < 1.29 is 23.0 Å². The number of hydrogen-bond acceptors (Lipinski definition) is 5. The number of pyridine rings is 2. The van der Waals surface area contributed by atoms with Crippen LogP contribution in [0.25, 0.3) is 28.0 Å². The van der Waals surface area contributed by atoms with Gasteiger partial charge in [-0.25, -0.2) is 13.2 Å². The smallest absolute Gasteiger partial charge is 0.263 e. The van der Waals surface area contributed by atoms with Gasteiger partial charge in [0.15, 0.2) is 5.75 Å². The number of anilines is 1. The molecule has 0 bridgehead atoms. The molecule has 0 spiro atoms. The van der Waals surface area contributed by atoms with Crippen LogP contribution >= 0.6 is 11.6 Å². The Labute approximate surface area is 186 Å². The van der Waals surface area contributed by atoms with E-state index < -0.39 is 30.1 Å². The lowest BCUT2D eigenvalue weighted by molar-refractivity contribution is 0.122. The summed E-state index contributed by atoms with van der Waals surface area (Å²) >= 11 is 6.31. The molecule has 1 fully saturated rings. The molecular formula is C22H19ClF3N3O3. The van der Waals surface area contributed by atoms with Crippen molar-refractivity contribution in [3.63, 3.8) is 0 Å². The molecule has 3 aromatic rings. The third kappa shape index (κ3) is 3.93. The van der Waals surface area contributed by atoms with Crippen molar-refractivity contribution in [2.24, 2.45) is 0 Å². The molecule has 10 heteroatoms. The van der Waals surface area contributed by atoms with Gasteiger partial charge >= 0.3 is 0 Å². The summed E-state index contributed by atoms with van der Waals surface area (Å²) in [7, 11) is 0. The summed E-state index contributed by atoms with van der Waals surface area (Å²) in [6.07, 6.45) is -1.48. The van der Waals surface area contributed by atoms with Crippen LogP contribution in [0.4, 0.5) is 18.9 Å². The molecule has 0 amide bonds. The van der Waals surface area contributed by atoms with Crippen LogP contribution in [0, 0.1) is 0 Å². The number of benzene rings is 1. The highest BCUT2D eigenvalue weighted by Gasteiger charge is 2.27. The summed E-state index contributed by atoms with van der Waals surface area (Å²) in [5.41, 5.74) is -1.06. The Bertz CT molecular complexity index is 1260. The maximum atomic E-state index is 14.8. The number of halogens is 4. The first kappa shape index (κ1) is 22.2. The molecule has 0 aliphatic carbocycles. The Balaban J connectivity index is 2.07. The minimum Gasteiger partial charge on any atom is -0.505 e. The molecule has 0 radical (unpaired) electrons. The fourth-order valence-electron chi connectivity index (χ4n) is 3.95. The van der Waals surface area contributed by atoms with Crippen molar-refractivity contribution in [2.45, 2.75) is 13.0 Å². The zero-order chi connectivity index (χ0) is 23.0. The van der Waals surface area contributed by atoms with Crippen LogP contribution < -0.4 is 10.5 Å². The Hall–Kier alpha value is -3.04. The normalized spacial score (nSPS) is 14.3. The van der Waals surface area contributed by atoms with Crippen LogP contribution in [0.5, 0.6) is 5.75 Å². The third-order valence-electron chi connectivity index (χ3n) is 5.29. The molecule has 2 aromatic heterocycles. The zero-order valence-corrected chi connectivity index (χ0v) is 17.6. The van der Waals surface area contributed by atoms with Gasteiger partial charge in [0.2, 0.25) is 0 Å². The average molecular weight is 466 g/mol. The topological polar surface area (TPSA) is 67.6 Å². The number of ether oxygens (including phenoxy) is 1. The van der Waals surface area contributed by atoms with Crippen molar-refractivity contribution in [1.29, 1.82) is 0 Å². The maximum Gasteiger partial charge on any atom is 0.263 e. The van der Waals surface area contributed by atoms with E-state index in [0.717, 1.165) is 4.57 Å². The number of aromatic nitrogens is 2. The van der Waals surface area contributed by atoms with Gasteiger partial charge in [-0.05, 0) is 24.3 Å². The Morgan fingerprint density at radius 1 is 1.31 bits per heavy atom. The highest BCUT2D eigenvalue weighted by atomic mass is 35.5. The molecule has 168 valence electrons. The number of hydrogen-bond donors (Lipinski definition) is 1. The Morgan fingerprint density at radius 3 is 2.69 bits per heavy atom. The quantitative estimate of drug-likeness (QED) is 0.602. The second-order valence-corrected chi connectivity index (χ2v) is 7.69. The van der Waals surface area contributed by atoms with E-state index in [1.54, 1.807) is 0 Å².